The summed E-state index contributed by atoms with van der Waals surface area (Å²) >= 11 is -2.24. The van der Waals surface area contributed by atoms with E-state index in [1.54, 1.807) is 0 Å². The Kier molecular flexibility index (Phi) is 92.7. The third-order valence-corrected chi connectivity index (χ3v) is 0. The van der Waals surface area contributed by atoms with Crippen LogP contribution in [0.3, 0.4) is 0 Å². The van der Waals surface area contributed by atoms with Crippen LogP contribution in [-0.4, -0.2) is 21.9 Å². The molecule has 8 N–H and O–H groups in total. The molecule has 0 aliphatic rings. The van der Waals surface area contributed by atoms with Crippen LogP contribution in [0.1, 0.15) is 0 Å². The second-order valence-corrected chi connectivity index (χ2v) is 14.3. The summed E-state index contributed by atoms with van der Waals surface area (Å²) in [6.07, 6.45) is 0. The molecule has 8 heavy (non-hydrogen) atoms. The summed E-state index contributed by atoms with van der Waals surface area (Å²) in [5.74, 6) is 15.1. The van der Waals surface area contributed by atoms with E-state index in [2.05, 4.69) is 0 Å². The normalized spacial score (nSPS) is 3.38. The van der Waals surface area contributed by atoms with Gasteiger partial charge >= 0.3 is 47.3 Å². The molecule has 0 radical (unpaired) electrons. The van der Waals surface area contributed by atoms with Gasteiger partial charge in [0.15, 0.2) is 0 Å². The second-order valence-electron chi connectivity index (χ2n) is 0.214. The van der Waals surface area contributed by atoms with E-state index >= 15 is 0 Å². The van der Waals surface area contributed by atoms with Gasteiger partial charge in [0.2, 0.25) is 0 Å². The molecule has 0 spiro atoms. The maximum absolute atomic E-state index is 5.02. The first-order chi connectivity index (χ1) is 1.73. The molecule has 0 aliphatic heterocycles. The Bertz CT molecular complexity index is 16.0. The van der Waals surface area contributed by atoms with E-state index in [0.717, 1.165) is 0 Å². The van der Waals surface area contributed by atoms with Crippen molar-refractivity contribution in [2.75, 3.05) is 0 Å². The van der Waals surface area contributed by atoms with Gasteiger partial charge in [0.05, 0.1) is 0 Å². The van der Waals surface area contributed by atoms with Crippen molar-refractivity contribution in [3.8, 4) is 0 Å². The molecular formula is H8Cl3NdO4. The summed E-state index contributed by atoms with van der Waals surface area (Å²) < 4.78 is 0. The SMILES string of the molecule is O.O.O.O.[Cl][Nd]([Cl])[Cl]. The maximum atomic E-state index is 5.02. The second kappa shape index (κ2) is 23.0. The van der Waals surface area contributed by atoms with Crippen molar-refractivity contribution in [2.24, 2.45) is 0 Å². The van der Waals surface area contributed by atoms with Crippen LogP contribution in [0.4, 0.5) is 0 Å². The molecule has 0 rings (SSSR count). The molecule has 0 aliphatic carbocycles. The average molecular weight is 323 g/mol. The fraction of sp³-hybridized carbons (Fsp3) is 0. The van der Waals surface area contributed by atoms with Crippen molar-refractivity contribution in [1.29, 1.82) is 0 Å². The van der Waals surface area contributed by atoms with Crippen LogP contribution >= 0.6 is 17.4 Å². The molecule has 0 amide bonds. The standard InChI is InChI=1S/3ClH.Nd.4H2O/h3*1H;;4*1H2/q;;;+3;;;;/p-3. The quantitative estimate of drug-likeness (QED) is 0.529. The molecule has 0 fully saturated rings. The van der Waals surface area contributed by atoms with E-state index in [-0.39, 0.29) is 21.9 Å². The number of hydrogen-bond acceptors (Lipinski definition) is 0. The van der Waals surface area contributed by atoms with Crippen LogP contribution in [0.25, 0.3) is 0 Å². The van der Waals surface area contributed by atoms with Crippen LogP contribution in [-0.2, 0) is 0 Å². The van der Waals surface area contributed by atoms with Gasteiger partial charge in [-0.15, -0.1) is 0 Å². The summed E-state index contributed by atoms with van der Waals surface area (Å²) in [5, 5.41) is 0. The molecule has 8 heteroatoms. The molecule has 0 bridgehead atoms. The topological polar surface area (TPSA) is 126 Å². The van der Waals surface area contributed by atoms with Gasteiger partial charge in [0, 0.05) is 0 Å². The van der Waals surface area contributed by atoms with Crippen molar-refractivity contribution >= 4 is 17.4 Å². The van der Waals surface area contributed by atoms with Gasteiger partial charge in [-0.1, -0.05) is 0 Å². The van der Waals surface area contributed by atoms with Crippen LogP contribution < -0.4 is 0 Å². The van der Waals surface area contributed by atoms with Gasteiger partial charge in [0.25, 0.3) is 0 Å². The molecule has 0 aromatic heterocycles. The van der Waals surface area contributed by atoms with Crippen molar-refractivity contribution in [3.63, 3.8) is 0 Å². The Hall–Kier alpha value is 2.06. The molecule has 0 aromatic rings. The van der Waals surface area contributed by atoms with E-state index in [1.807, 2.05) is 0 Å². The summed E-state index contributed by atoms with van der Waals surface area (Å²) in [6.45, 7) is 0. The molecule has 0 heterocycles. The minimum absolute atomic E-state index is 0. The summed E-state index contributed by atoms with van der Waals surface area (Å²) in [4.78, 5) is 0. The molecule has 57 valence electrons. The van der Waals surface area contributed by atoms with E-state index in [4.69, 9.17) is 17.4 Å². The molecular weight excluding hydrogens is 315 g/mol. The van der Waals surface area contributed by atoms with Crippen molar-refractivity contribution < 1.29 is 51.8 Å². The first-order valence-electron chi connectivity index (χ1n) is 0.567. The first kappa shape index (κ1) is 32.3. The number of halogens is 3. The van der Waals surface area contributed by atoms with E-state index in [9.17, 15) is 0 Å². The van der Waals surface area contributed by atoms with Crippen LogP contribution in [0.5, 0.6) is 0 Å². The molecule has 0 saturated heterocycles. The molecule has 0 atom stereocenters. The monoisotopic (exact) mass is 319 g/mol. The zero-order valence-corrected chi connectivity index (χ0v) is 9.11. The molecule has 0 aromatic carbocycles. The van der Waals surface area contributed by atoms with Crippen molar-refractivity contribution in [1.82, 2.24) is 0 Å². The predicted molar refractivity (Wildman–Crippen MR) is 32.0 cm³/mol. The molecule has 0 saturated carbocycles. The first-order valence-corrected chi connectivity index (χ1v) is 12.6. The molecule has 4 nitrogen and oxygen atoms in total. The predicted octanol–water partition coefficient (Wildman–Crippen LogP) is -1.23. The number of hydrogen-bond donors (Lipinski definition) is 0. The summed E-state index contributed by atoms with van der Waals surface area (Å²) in [6, 6.07) is 0. The zero-order valence-electron chi connectivity index (χ0n) is 3.63. The summed E-state index contributed by atoms with van der Waals surface area (Å²) in [5.41, 5.74) is 0. The van der Waals surface area contributed by atoms with E-state index in [0.29, 0.717) is 0 Å². The van der Waals surface area contributed by atoms with Gasteiger partial charge in [0.1, 0.15) is 0 Å². The Labute approximate surface area is 68.0 Å². The van der Waals surface area contributed by atoms with E-state index in [1.165, 1.54) is 0 Å². The van der Waals surface area contributed by atoms with Crippen molar-refractivity contribution in [3.05, 3.63) is 0 Å². The Morgan fingerprint density at radius 2 is 0.625 bits per heavy atom. The fourth-order valence-corrected chi connectivity index (χ4v) is 0. The average Bonchev–Trinajstić information content (AvgIpc) is 0.811. The van der Waals surface area contributed by atoms with Gasteiger partial charge in [-0.25, -0.2) is 0 Å². The minimum atomic E-state index is -2.24. The van der Waals surface area contributed by atoms with Gasteiger partial charge in [-0.05, 0) is 0 Å². The van der Waals surface area contributed by atoms with Crippen LogP contribution in [0, 0.1) is 29.9 Å². The zero-order chi connectivity index (χ0) is 3.58. The summed E-state index contributed by atoms with van der Waals surface area (Å²) in [7, 11) is 0. The fourth-order valence-electron chi connectivity index (χ4n) is 0. The van der Waals surface area contributed by atoms with Gasteiger partial charge < -0.3 is 21.9 Å². The van der Waals surface area contributed by atoms with Crippen LogP contribution in [0.15, 0.2) is 0 Å². The Morgan fingerprint density at radius 1 is 0.625 bits per heavy atom. The number of rotatable bonds is 0. The van der Waals surface area contributed by atoms with E-state index < -0.39 is 29.9 Å². The van der Waals surface area contributed by atoms with Crippen LogP contribution in [0.2, 0.25) is 0 Å². The third-order valence-electron chi connectivity index (χ3n) is 0. The third kappa shape index (κ3) is 94.6. The van der Waals surface area contributed by atoms with Gasteiger partial charge in [-0.2, -0.15) is 0 Å². The Morgan fingerprint density at radius 3 is 0.625 bits per heavy atom. The van der Waals surface area contributed by atoms with Crippen molar-refractivity contribution in [2.45, 2.75) is 0 Å². The molecule has 0 unspecified atom stereocenters. The van der Waals surface area contributed by atoms with Gasteiger partial charge in [-0.3, -0.25) is 0 Å². The Balaban J connectivity index is -0.00000000750.